The largest absolute Gasteiger partial charge is 0.332 e. The van der Waals surface area contributed by atoms with E-state index < -0.39 is 11.2 Å². The molecule has 4 aromatic rings. The minimum atomic E-state index is -0.539. The number of carbonyl (C=O) groups excluding carboxylic acids is 1. The first-order valence-electron chi connectivity index (χ1n) is 11.1. The van der Waals surface area contributed by atoms with Crippen LogP contribution in [0.15, 0.2) is 64.3 Å². The lowest BCUT2D eigenvalue weighted by atomic mass is 10.1. The molecule has 170 valence electrons. The van der Waals surface area contributed by atoms with Gasteiger partial charge in [-0.1, -0.05) is 55.5 Å². The lowest BCUT2D eigenvalue weighted by Crippen LogP contribution is -2.42. The van der Waals surface area contributed by atoms with E-state index in [1.807, 2.05) is 69.3 Å². The number of nitrogens with one attached hydrogen (secondary N) is 1. The van der Waals surface area contributed by atoms with Gasteiger partial charge in [0.1, 0.15) is 6.54 Å². The number of anilines is 1. The SMILES string of the molecule is CCc1cccc(C)c1NC(=O)Cn1c(=O)n(Cc2ccccc2)c(=O)c2nn(CC)cc21. The molecule has 0 saturated heterocycles. The fourth-order valence-corrected chi connectivity index (χ4v) is 3.97. The van der Waals surface area contributed by atoms with E-state index in [2.05, 4.69) is 10.4 Å². The lowest BCUT2D eigenvalue weighted by Gasteiger charge is -2.15. The van der Waals surface area contributed by atoms with Crippen molar-refractivity contribution in [2.75, 3.05) is 5.32 Å². The van der Waals surface area contributed by atoms with E-state index in [9.17, 15) is 14.4 Å². The molecule has 0 aliphatic rings. The summed E-state index contributed by atoms with van der Waals surface area (Å²) >= 11 is 0. The average molecular weight is 446 g/mol. The number of nitrogens with zero attached hydrogens (tertiary/aromatic N) is 4. The number of hydrogen-bond donors (Lipinski definition) is 1. The third-order valence-corrected chi connectivity index (χ3v) is 5.76. The van der Waals surface area contributed by atoms with Gasteiger partial charge in [0.25, 0.3) is 5.56 Å². The molecule has 0 atom stereocenters. The number of fused-ring (bicyclic) bond motifs is 1. The van der Waals surface area contributed by atoms with E-state index >= 15 is 0 Å². The first-order chi connectivity index (χ1) is 15.9. The van der Waals surface area contributed by atoms with Gasteiger partial charge in [0.15, 0.2) is 5.52 Å². The standard InChI is InChI=1S/C25H27N5O3/c1-4-19-13-9-10-17(3)22(19)26-21(31)16-29-20-15-28(5-2)27-23(20)24(32)30(25(29)33)14-18-11-7-6-8-12-18/h6-13,15H,4-5,14,16H2,1-3H3,(H,26,31). The molecule has 8 nitrogen and oxygen atoms in total. The molecule has 0 aliphatic heterocycles. The zero-order chi connectivity index (χ0) is 23.5. The molecule has 0 radical (unpaired) electrons. The number of hydrogen-bond acceptors (Lipinski definition) is 4. The number of rotatable bonds is 7. The Kier molecular flexibility index (Phi) is 6.26. The highest BCUT2D eigenvalue weighted by Gasteiger charge is 2.19. The quantitative estimate of drug-likeness (QED) is 0.474. The molecule has 2 aromatic carbocycles. The molecule has 2 aromatic heterocycles. The molecule has 4 rings (SSSR count). The van der Waals surface area contributed by atoms with Crippen LogP contribution in [-0.2, 0) is 30.8 Å². The molecular weight excluding hydrogens is 418 g/mol. The molecule has 1 N–H and O–H groups in total. The predicted molar refractivity (Wildman–Crippen MR) is 129 cm³/mol. The van der Waals surface area contributed by atoms with Crippen molar-refractivity contribution in [1.29, 1.82) is 0 Å². The van der Waals surface area contributed by atoms with Gasteiger partial charge in [0.2, 0.25) is 5.91 Å². The topological polar surface area (TPSA) is 90.9 Å². The first kappa shape index (κ1) is 22.3. The molecule has 0 fully saturated rings. The highest BCUT2D eigenvalue weighted by Crippen LogP contribution is 2.21. The zero-order valence-corrected chi connectivity index (χ0v) is 19.0. The molecule has 0 saturated carbocycles. The number of aromatic nitrogens is 4. The van der Waals surface area contributed by atoms with Crippen molar-refractivity contribution in [2.24, 2.45) is 0 Å². The number of benzene rings is 2. The summed E-state index contributed by atoms with van der Waals surface area (Å²) in [5.41, 5.74) is 3.07. The van der Waals surface area contributed by atoms with E-state index in [0.29, 0.717) is 12.1 Å². The van der Waals surface area contributed by atoms with Crippen LogP contribution in [0.3, 0.4) is 0 Å². The Bertz CT molecular complexity index is 1430. The Labute approximate surface area is 191 Å². The summed E-state index contributed by atoms with van der Waals surface area (Å²) in [5.74, 6) is -0.337. The number of carbonyl (C=O) groups is 1. The number of amides is 1. The maximum atomic E-state index is 13.4. The first-order valence-corrected chi connectivity index (χ1v) is 11.1. The van der Waals surface area contributed by atoms with Crippen molar-refractivity contribution >= 4 is 22.6 Å². The zero-order valence-electron chi connectivity index (χ0n) is 19.0. The summed E-state index contributed by atoms with van der Waals surface area (Å²) in [7, 11) is 0. The maximum Gasteiger partial charge on any atom is 0.332 e. The molecule has 0 bridgehead atoms. The number of para-hydroxylation sites is 1. The summed E-state index contributed by atoms with van der Waals surface area (Å²) in [4.78, 5) is 39.5. The van der Waals surface area contributed by atoms with Gasteiger partial charge >= 0.3 is 5.69 Å². The fraction of sp³-hybridized carbons (Fsp3) is 0.280. The van der Waals surface area contributed by atoms with Crippen molar-refractivity contribution in [3.63, 3.8) is 0 Å². The second-order valence-electron chi connectivity index (χ2n) is 7.98. The highest BCUT2D eigenvalue weighted by molar-refractivity contribution is 5.93. The number of aryl methyl sites for hydroxylation is 3. The van der Waals surface area contributed by atoms with Crippen LogP contribution in [0.5, 0.6) is 0 Å². The van der Waals surface area contributed by atoms with Gasteiger partial charge in [-0.15, -0.1) is 0 Å². The van der Waals surface area contributed by atoms with E-state index in [4.69, 9.17) is 0 Å². The monoisotopic (exact) mass is 445 g/mol. The normalized spacial score (nSPS) is 11.1. The Morgan fingerprint density at radius 1 is 1.00 bits per heavy atom. The second kappa shape index (κ2) is 9.28. The van der Waals surface area contributed by atoms with Crippen LogP contribution >= 0.6 is 0 Å². The van der Waals surface area contributed by atoms with Gasteiger partial charge in [-0.2, -0.15) is 5.10 Å². The predicted octanol–water partition coefficient (Wildman–Crippen LogP) is 2.94. The molecular formula is C25H27N5O3. The van der Waals surface area contributed by atoms with Crippen LogP contribution in [-0.4, -0.2) is 24.8 Å². The molecule has 1 amide bonds. The Hall–Kier alpha value is -3.94. The van der Waals surface area contributed by atoms with Gasteiger partial charge in [-0.3, -0.25) is 23.4 Å². The van der Waals surface area contributed by atoms with Gasteiger partial charge in [0, 0.05) is 18.4 Å². The van der Waals surface area contributed by atoms with Gasteiger partial charge in [0.05, 0.1) is 12.1 Å². The van der Waals surface area contributed by atoms with Crippen LogP contribution in [0.2, 0.25) is 0 Å². The lowest BCUT2D eigenvalue weighted by molar-refractivity contribution is -0.116. The third-order valence-electron chi connectivity index (χ3n) is 5.76. The van der Waals surface area contributed by atoms with Crippen LogP contribution in [0.4, 0.5) is 5.69 Å². The van der Waals surface area contributed by atoms with Crippen molar-refractivity contribution in [3.8, 4) is 0 Å². The summed E-state index contributed by atoms with van der Waals surface area (Å²) in [5, 5.41) is 7.32. The third kappa shape index (κ3) is 4.37. The average Bonchev–Trinajstić information content (AvgIpc) is 3.26. The van der Waals surface area contributed by atoms with Crippen molar-refractivity contribution in [1.82, 2.24) is 18.9 Å². The van der Waals surface area contributed by atoms with E-state index in [0.717, 1.165) is 33.4 Å². The van der Waals surface area contributed by atoms with E-state index in [1.165, 1.54) is 4.57 Å². The van der Waals surface area contributed by atoms with Gasteiger partial charge < -0.3 is 5.32 Å². The molecule has 8 heteroatoms. The van der Waals surface area contributed by atoms with Crippen molar-refractivity contribution < 1.29 is 4.79 Å². The smallest absolute Gasteiger partial charge is 0.324 e. The molecule has 0 aliphatic carbocycles. The summed E-state index contributed by atoms with van der Waals surface area (Å²) < 4.78 is 4.07. The summed E-state index contributed by atoms with van der Waals surface area (Å²) in [6.45, 7) is 6.27. The van der Waals surface area contributed by atoms with Gasteiger partial charge in [-0.05, 0) is 37.0 Å². The van der Waals surface area contributed by atoms with Crippen molar-refractivity contribution in [3.05, 3.63) is 92.3 Å². The van der Waals surface area contributed by atoms with Gasteiger partial charge in [-0.25, -0.2) is 4.79 Å². The fourth-order valence-electron chi connectivity index (χ4n) is 3.97. The summed E-state index contributed by atoms with van der Waals surface area (Å²) in [6.07, 6.45) is 2.41. The Morgan fingerprint density at radius 3 is 2.45 bits per heavy atom. The minimum absolute atomic E-state index is 0.104. The van der Waals surface area contributed by atoms with E-state index in [1.54, 1.807) is 10.9 Å². The van der Waals surface area contributed by atoms with Crippen molar-refractivity contribution in [2.45, 2.75) is 46.8 Å². The maximum absolute atomic E-state index is 13.4. The second-order valence-corrected chi connectivity index (χ2v) is 7.98. The van der Waals surface area contributed by atoms with Crippen LogP contribution in [0.25, 0.3) is 11.0 Å². The molecule has 0 spiro atoms. The molecule has 0 unspecified atom stereocenters. The van der Waals surface area contributed by atoms with Crippen LogP contribution < -0.4 is 16.6 Å². The Balaban J connectivity index is 1.78. The van der Waals surface area contributed by atoms with Crippen LogP contribution in [0.1, 0.15) is 30.5 Å². The molecule has 2 heterocycles. The highest BCUT2D eigenvalue weighted by atomic mass is 16.2. The minimum Gasteiger partial charge on any atom is -0.324 e. The summed E-state index contributed by atoms with van der Waals surface area (Å²) in [6, 6.07) is 15.1. The van der Waals surface area contributed by atoms with Crippen LogP contribution in [0, 0.1) is 6.92 Å². The Morgan fingerprint density at radius 2 is 1.76 bits per heavy atom. The van der Waals surface area contributed by atoms with E-state index in [-0.39, 0.29) is 24.5 Å². The molecule has 33 heavy (non-hydrogen) atoms.